The molecule has 6 heteroatoms. The summed E-state index contributed by atoms with van der Waals surface area (Å²) in [4.78, 5) is 15.1. The minimum Gasteiger partial charge on any atom is -0.493 e. The second-order valence-corrected chi connectivity index (χ2v) is 6.79. The van der Waals surface area contributed by atoms with E-state index in [9.17, 15) is 4.79 Å². The SMILES string of the molecule is CCOc1ccccc1C(=O)NC[C@H](c1ccc(Cl)cc1)N1CCOCC1. The Labute approximate surface area is 165 Å². The Hall–Kier alpha value is -2.08. The summed E-state index contributed by atoms with van der Waals surface area (Å²) < 4.78 is 11.1. The van der Waals surface area contributed by atoms with E-state index in [1.54, 1.807) is 6.07 Å². The summed E-state index contributed by atoms with van der Waals surface area (Å²) in [5.41, 5.74) is 1.68. The van der Waals surface area contributed by atoms with Gasteiger partial charge in [0, 0.05) is 24.7 Å². The Balaban J connectivity index is 1.74. The molecule has 1 heterocycles. The smallest absolute Gasteiger partial charge is 0.255 e. The average Bonchev–Trinajstić information content (AvgIpc) is 2.71. The number of carbonyl (C=O) groups excluding carboxylic acids is 1. The second kappa shape index (κ2) is 9.74. The molecule has 0 unspecified atom stereocenters. The maximum Gasteiger partial charge on any atom is 0.255 e. The highest BCUT2D eigenvalue weighted by atomic mass is 35.5. The number of halogens is 1. The molecule has 2 aromatic rings. The maximum absolute atomic E-state index is 12.8. The highest BCUT2D eigenvalue weighted by Gasteiger charge is 2.24. The van der Waals surface area contributed by atoms with Gasteiger partial charge in [0.15, 0.2) is 0 Å². The lowest BCUT2D eigenvalue weighted by atomic mass is 10.0. The molecule has 5 nitrogen and oxygen atoms in total. The van der Waals surface area contributed by atoms with Crippen LogP contribution < -0.4 is 10.1 Å². The van der Waals surface area contributed by atoms with Crippen LogP contribution in [0, 0.1) is 0 Å². The van der Waals surface area contributed by atoms with Gasteiger partial charge in [-0.3, -0.25) is 9.69 Å². The fourth-order valence-corrected chi connectivity index (χ4v) is 3.38. The van der Waals surface area contributed by atoms with Crippen LogP contribution in [0.25, 0.3) is 0 Å². The zero-order valence-electron chi connectivity index (χ0n) is 15.5. The quantitative estimate of drug-likeness (QED) is 0.788. The van der Waals surface area contributed by atoms with E-state index in [1.165, 1.54) is 0 Å². The standard InChI is InChI=1S/C21H25ClN2O3/c1-2-27-20-6-4-3-5-18(20)21(25)23-15-19(24-11-13-26-14-12-24)16-7-9-17(22)10-8-16/h3-10,19H,2,11-15H2,1H3,(H,23,25)/t19-/m1/s1. The highest BCUT2D eigenvalue weighted by Crippen LogP contribution is 2.24. The van der Waals surface area contributed by atoms with Crippen molar-refractivity contribution in [3.63, 3.8) is 0 Å². The van der Waals surface area contributed by atoms with E-state index in [0.717, 1.165) is 18.7 Å². The minimum absolute atomic E-state index is 0.0642. The fourth-order valence-electron chi connectivity index (χ4n) is 3.25. The Morgan fingerprint density at radius 2 is 1.89 bits per heavy atom. The van der Waals surface area contributed by atoms with Crippen molar-refractivity contribution in [3.05, 3.63) is 64.7 Å². The number of benzene rings is 2. The molecule has 0 radical (unpaired) electrons. The highest BCUT2D eigenvalue weighted by molar-refractivity contribution is 6.30. The van der Waals surface area contributed by atoms with Gasteiger partial charge in [-0.25, -0.2) is 0 Å². The van der Waals surface area contributed by atoms with Gasteiger partial charge in [0.1, 0.15) is 5.75 Å². The predicted octanol–water partition coefficient (Wildman–Crippen LogP) is 3.54. The van der Waals surface area contributed by atoms with Gasteiger partial charge in [-0.05, 0) is 36.8 Å². The first kappa shape index (κ1) is 19.7. The lowest BCUT2D eigenvalue weighted by molar-refractivity contribution is 0.0162. The Morgan fingerprint density at radius 1 is 1.19 bits per heavy atom. The van der Waals surface area contributed by atoms with Crippen molar-refractivity contribution in [3.8, 4) is 5.75 Å². The van der Waals surface area contributed by atoms with Crippen LogP contribution in [0.3, 0.4) is 0 Å². The number of rotatable bonds is 7. The van der Waals surface area contributed by atoms with E-state index in [1.807, 2.05) is 49.4 Å². The van der Waals surface area contributed by atoms with Crippen molar-refractivity contribution >= 4 is 17.5 Å². The van der Waals surface area contributed by atoms with E-state index >= 15 is 0 Å². The third kappa shape index (κ3) is 5.22. The van der Waals surface area contributed by atoms with Crippen LogP contribution in [0.5, 0.6) is 5.75 Å². The fraction of sp³-hybridized carbons (Fsp3) is 0.381. The van der Waals surface area contributed by atoms with E-state index < -0.39 is 0 Å². The van der Waals surface area contributed by atoms with E-state index in [-0.39, 0.29) is 11.9 Å². The molecule has 0 spiro atoms. The maximum atomic E-state index is 12.8. The van der Waals surface area contributed by atoms with Crippen LogP contribution in [0.2, 0.25) is 5.02 Å². The number of nitrogens with zero attached hydrogens (tertiary/aromatic N) is 1. The van der Waals surface area contributed by atoms with Gasteiger partial charge in [0.2, 0.25) is 0 Å². The zero-order chi connectivity index (χ0) is 19.1. The first-order chi connectivity index (χ1) is 13.2. The lowest BCUT2D eigenvalue weighted by Gasteiger charge is -2.35. The van der Waals surface area contributed by atoms with Gasteiger partial charge in [0.05, 0.1) is 31.4 Å². The minimum atomic E-state index is -0.133. The Kier molecular flexibility index (Phi) is 7.10. The summed E-state index contributed by atoms with van der Waals surface area (Å²) in [6, 6.07) is 15.2. The number of hydrogen-bond acceptors (Lipinski definition) is 4. The molecular formula is C21H25ClN2O3. The van der Waals surface area contributed by atoms with E-state index in [4.69, 9.17) is 21.1 Å². The molecule has 1 saturated heterocycles. The zero-order valence-corrected chi connectivity index (χ0v) is 16.2. The van der Waals surface area contributed by atoms with Crippen molar-refractivity contribution in [1.82, 2.24) is 10.2 Å². The molecule has 1 N–H and O–H groups in total. The molecule has 144 valence electrons. The van der Waals surface area contributed by atoms with Crippen molar-refractivity contribution in [2.24, 2.45) is 0 Å². The summed E-state index contributed by atoms with van der Waals surface area (Å²) in [6.45, 7) is 5.99. The topological polar surface area (TPSA) is 50.8 Å². The predicted molar refractivity (Wildman–Crippen MR) is 107 cm³/mol. The van der Waals surface area contributed by atoms with Crippen molar-refractivity contribution in [2.75, 3.05) is 39.5 Å². The van der Waals surface area contributed by atoms with Crippen molar-refractivity contribution in [2.45, 2.75) is 13.0 Å². The average molecular weight is 389 g/mol. The number of ether oxygens (including phenoxy) is 2. The number of para-hydroxylation sites is 1. The van der Waals surface area contributed by atoms with Crippen LogP contribution in [0.1, 0.15) is 28.9 Å². The van der Waals surface area contributed by atoms with Crippen LogP contribution >= 0.6 is 11.6 Å². The molecule has 1 aliphatic rings. The summed E-state index contributed by atoms with van der Waals surface area (Å²) >= 11 is 6.04. The molecular weight excluding hydrogens is 364 g/mol. The lowest BCUT2D eigenvalue weighted by Crippen LogP contribution is -2.43. The first-order valence-corrected chi connectivity index (χ1v) is 9.64. The van der Waals surface area contributed by atoms with Crippen LogP contribution in [0.15, 0.2) is 48.5 Å². The van der Waals surface area contributed by atoms with Gasteiger partial charge in [-0.15, -0.1) is 0 Å². The Morgan fingerprint density at radius 3 is 2.59 bits per heavy atom. The third-order valence-corrected chi connectivity index (χ3v) is 4.88. The summed E-state index contributed by atoms with van der Waals surface area (Å²) in [7, 11) is 0. The molecule has 3 rings (SSSR count). The van der Waals surface area contributed by atoms with Gasteiger partial charge >= 0.3 is 0 Å². The molecule has 0 aliphatic carbocycles. The molecule has 1 fully saturated rings. The Bertz CT molecular complexity index is 745. The number of morpholine rings is 1. The van der Waals surface area contributed by atoms with Gasteiger partial charge in [-0.2, -0.15) is 0 Å². The van der Waals surface area contributed by atoms with Gasteiger partial charge in [-0.1, -0.05) is 35.9 Å². The number of carbonyl (C=O) groups is 1. The molecule has 0 saturated carbocycles. The van der Waals surface area contributed by atoms with Crippen LogP contribution in [-0.2, 0) is 4.74 Å². The largest absolute Gasteiger partial charge is 0.493 e. The molecule has 27 heavy (non-hydrogen) atoms. The monoisotopic (exact) mass is 388 g/mol. The molecule has 1 atom stereocenters. The number of hydrogen-bond donors (Lipinski definition) is 1. The molecule has 1 aliphatic heterocycles. The normalized spacial score (nSPS) is 15.9. The third-order valence-electron chi connectivity index (χ3n) is 4.63. The van der Waals surface area contributed by atoms with Crippen molar-refractivity contribution < 1.29 is 14.3 Å². The van der Waals surface area contributed by atoms with Gasteiger partial charge in [0.25, 0.3) is 5.91 Å². The van der Waals surface area contributed by atoms with Gasteiger partial charge < -0.3 is 14.8 Å². The second-order valence-electron chi connectivity index (χ2n) is 6.35. The molecule has 0 aromatic heterocycles. The first-order valence-electron chi connectivity index (χ1n) is 9.26. The number of amides is 1. The van der Waals surface area contributed by atoms with Crippen molar-refractivity contribution in [1.29, 1.82) is 0 Å². The number of nitrogens with one attached hydrogen (secondary N) is 1. The van der Waals surface area contributed by atoms with E-state index in [0.29, 0.717) is 42.7 Å². The molecule has 0 bridgehead atoms. The summed E-state index contributed by atoms with van der Waals surface area (Å²) in [5.74, 6) is 0.471. The van der Waals surface area contributed by atoms with Crippen LogP contribution in [-0.4, -0.2) is 50.3 Å². The van der Waals surface area contributed by atoms with Crippen LogP contribution in [0.4, 0.5) is 0 Å². The summed E-state index contributed by atoms with van der Waals surface area (Å²) in [6.07, 6.45) is 0. The molecule has 2 aromatic carbocycles. The molecule has 1 amide bonds. The summed E-state index contributed by atoms with van der Waals surface area (Å²) in [5, 5.41) is 3.78. The van der Waals surface area contributed by atoms with E-state index in [2.05, 4.69) is 10.2 Å².